The molecule has 0 bridgehead atoms. The minimum Gasteiger partial charge on any atom is -0.449 e. The summed E-state index contributed by atoms with van der Waals surface area (Å²) < 4.78 is 10.2. The van der Waals surface area contributed by atoms with E-state index in [1.54, 1.807) is 9.80 Å². The molecule has 2 heterocycles. The van der Waals surface area contributed by atoms with Gasteiger partial charge in [0.25, 0.3) is 0 Å². The van der Waals surface area contributed by atoms with E-state index in [0.717, 1.165) is 37.4 Å². The van der Waals surface area contributed by atoms with E-state index in [2.05, 4.69) is 9.98 Å². The van der Waals surface area contributed by atoms with Gasteiger partial charge in [0.2, 0.25) is 0 Å². The second-order valence-corrected chi connectivity index (χ2v) is 8.33. The van der Waals surface area contributed by atoms with E-state index >= 15 is 0 Å². The molecule has 0 fully saturated rings. The standard InChI is InChI=1S/C24H42N4O4/c1-3-31-23(29)27-19-17-25-21(27)15-13-11-9-7-5-6-8-10-12-14-16-22-26-18-20-28(22)24(30)32-4-2/h3-20H2,1-2H3. The first kappa shape index (κ1) is 26.1. The summed E-state index contributed by atoms with van der Waals surface area (Å²) in [6, 6.07) is 0. The summed E-state index contributed by atoms with van der Waals surface area (Å²) in [5.74, 6) is 1.80. The number of amides is 2. The molecule has 0 radical (unpaired) electrons. The van der Waals surface area contributed by atoms with Crippen LogP contribution in [0.25, 0.3) is 0 Å². The summed E-state index contributed by atoms with van der Waals surface area (Å²) in [6.07, 6.45) is 13.4. The monoisotopic (exact) mass is 450 g/mol. The van der Waals surface area contributed by atoms with E-state index in [1.165, 1.54) is 51.4 Å². The largest absolute Gasteiger partial charge is 0.449 e. The number of rotatable bonds is 15. The highest BCUT2D eigenvalue weighted by atomic mass is 16.6. The number of hydrogen-bond acceptors (Lipinski definition) is 6. The Balaban J connectivity index is 1.40. The first-order chi connectivity index (χ1) is 15.7. The lowest BCUT2D eigenvalue weighted by Crippen LogP contribution is -2.34. The molecule has 0 aliphatic carbocycles. The molecule has 0 saturated heterocycles. The Hall–Kier alpha value is -2.12. The number of aliphatic imine (C=N–C) groups is 2. The maximum absolute atomic E-state index is 11.9. The van der Waals surface area contributed by atoms with Crippen LogP contribution >= 0.6 is 0 Å². The molecule has 0 aromatic heterocycles. The highest BCUT2D eigenvalue weighted by Crippen LogP contribution is 2.16. The van der Waals surface area contributed by atoms with E-state index < -0.39 is 0 Å². The average molecular weight is 451 g/mol. The van der Waals surface area contributed by atoms with E-state index in [9.17, 15) is 9.59 Å². The molecule has 0 aromatic carbocycles. The average Bonchev–Trinajstić information content (AvgIpc) is 3.44. The summed E-state index contributed by atoms with van der Waals surface area (Å²) in [6.45, 7) is 7.20. The third-order valence-electron chi connectivity index (χ3n) is 5.89. The molecule has 0 atom stereocenters. The van der Waals surface area contributed by atoms with Gasteiger partial charge in [-0.25, -0.2) is 9.59 Å². The minimum atomic E-state index is -0.253. The Labute approximate surface area is 193 Å². The molecular formula is C24H42N4O4. The van der Waals surface area contributed by atoms with Crippen molar-refractivity contribution >= 4 is 23.9 Å². The molecule has 182 valence electrons. The topological polar surface area (TPSA) is 83.8 Å². The van der Waals surface area contributed by atoms with Crippen LogP contribution in [0.15, 0.2) is 9.98 Å². The van der Waals surface area contributed by atoms with Gasteiger partial charge in [0.15, 0.2) is 0 Å². The van der Waals surface area contributed by atoms with Crippen LogP contribution in [0.3, 0.4) is 0 Å². The van der Waals surface area contributed by atoms with Gasteiger partial charge in [-0.05, 0) is 26.7 Å². The number of unbranched alkanes of at least 4 members (excludes halogenated alkanes) is 9. The van der Waals surface area contributed by atoms with Crippen molar-refractivity contribution in [2.75, 3.05) is 39.4 Å². The van der Waals surface area contributed by atoms with E-state index in [1.807, 2.05) is 13.8 Å². The second-order valence-electron chi connectivity index (χ2n) is 8.33. The molecule has 2 aliphatic heterocycles. The molecule has 8 nitrogen and oxygen atoms in total. The van der Waals surface area contributed by atoms with Gasteiger partial charge in [-0.3, -0.25) is 19.8 Å². The van der Waals surface area contributed by atoms with Crippen molar-refractivity contribution in [2.24, 2.45) is 9.98 Å². The lowest BCUT2D eigenvalue weighted by Gasteiger charge is -2.17. The lowest BCUT2D eigenvalue weighted by atomic mass is 10.0. The van der Waals surface area contributed by atoms with Gasteiger partial charge in [0.05, 0.1) is 39.4 Å². The number of nitrogens with zero attached hydrogens (tertiary/aromatic N) is 4. The van der Waals surface area contributed by atoms with E-state index in [4.69, 9.17) is 9.47 Å². The molecular weight excluding hydrogens is 408 g/mol. The van der Waals surface area contributed by atoms with Gasteiger partial charge in [-0.1, -0.05) is 51.4 Å². The van der Waals surface area contributed by atoms with Crippen molar-refractivity contribution in [3.63, 3.8) is 0 Å². The molecule has 2 aliphatic rings. The Morgan fingerprint density at radius 1 is 0.656 bits per heavy atom. The Morgan fingerprint density at radius 3 is 1.34 bits per heavy atom. The van der Waals surface area contributed by atoms with Crippen LogP contribution in [0.1, 0.15) is 90.9 Å². The summed E-state index contributed by atoms with van der Waals surface area (Å²) in [4.78, 5) is 36.1. The molecule has 2 rings (SSSR count). The smallest absolute Gasteiger partial charge is 0.415 e. The molecule has 8 heteroatoms. The molecule has 2 amide bonds. The predicted octanol–water partition coefficient (Wildman–Crippen LogP) is 5.41. The van der Waals surface area contributed by atoms with Crippen LogP contribution in [0.5, 0.6) is 0 Å². The molecule has 0 unspecified atom stereocenters. The summed E-state index contributed by atoms with van der Waals surface area (Å²) in [7, 11) is 0. The van der Waals surface area contributed by atoms with Crippen LogP contribution in [0, 0.1) is 0 Å². The Bertz CT molecular complexity index is 581. The molecule has 0 spiro atoms. The fraction of sp³-hybridized carbons (Fsp3) is 0.833. The summed E-state index contributed by atoms with van der Waals surface area (Å²) >= 11 is 0. The van der Waals surface area contributed by atoms with Gasteiger partial charge in [-0.2, -0.15) is 0 Å². The van der Waals surface area contributed by atoms with E-state index in [0.29, 0.717) is 39.4 Å². The number of amidine groups is 2. The first-order valence-corrected chi connectivity index (χ1v) is 12.6. The number of carbonyl (C=O) groups is 2. The van der Waals surface area contributed by atoms with Crippen molar-refractivity contribution in [1.29, 1.82) is 0 Å². The Morgan fingerprint density at radius 2 is 1.00 bits per heavy atom. The quantitative estimate of drug-likeness (QED) is 0.312. The number of carbonyl (C=O) groups excluding carboxylic acids is 2. The molecule has 0 N–H and O–H groups in total. The van der Waals surface area contributed by atoms with E-state index in [-0.39, 0.29) is 12.2 Å². The van der Waals surface area contributed by atoms with Crippen molar-refractivity contribution < 1.29 is 19.1 Å². The fourth-order valence-electron chi connectivity index (χ4n) is 4.19. The zero-order chi connectivity index (χ0) is 23.0. The predicted molar refractivity (Wildman–Crippen MR) is 127 cm³/mol. The fourth-order valence-corrected chi connectivity index (χ4v) is 4.19. The molecule has 0 saturated carbocycles. The number of ether oxygens (including phenoxy) is 2. The normalized spacial score (nSPS) is 15.7. The maximum atomic E-state index is 11.9. The van der Waals surface area contributed by atoms with Crippen LogP contribution < -0.4 is 0 Å². The summed E-state index contributed by atoms with van der Waals surface area (Å²) in [5, 5.41) is 0. The zero-order valence-electron chi connectivity index (χ0n) is 20.1. The highest BCUT2D eigenvalue weighted by molar-refractivity contribution is 5.97. The van der Waals surface area contributed by atoms with Crippen LogP contribution in [0.2, 0.25) is 0 Å². The minimum absolute atomic E-state index is 0.253. The van der Waals surface area contributed by atoms with Crippen molar-refractivity contribution in [2.45, 2.75) is 90.9 Å². The van der Waals surface area contributed by atoms with Crippen LogP contribution in [0.4, 0.5) is 9.59 Å². The zero-order valence-corrected chi connectivity index (χ0v) is 20.1. The van der Waals surface area contributed by atoms with Gasteiger partial charge in [-0.15, -0.1) is 0 Å². The van der Waals surface area contributed by atoms with Gasteiger partial charge in [0, 0.05) is 12.8 Å². The van der Waals surface area contributed by atoms with Crippen molar-refractivity contribution in [3.05, 3.63) is 0 Å². The van der Waals surface area contributed by atoms with Crippen LogP contribution in [-0.2, 0) is 9.47 Å². The first-order valence-electron chi connectivity index (χ1n) is 12.6. The second kappa shape index (κ2) is 15.6. The highest BCUT2D eigenvalue weighted by Gasteiger charge is 2.24. The third-order valence-corrected chi connectivity index (χ3v) is 5.89. The summed E-state index contributed by atoms with van der Waals surface area (Å²) in [5.41, 5.74) is 0. The van der Waals surface area contributed by atoms with Crippen molar-refractivity contribution in [3.8, 4) is 0 Å². The van der Waals surface area contributed by atoms with Gasteiger partial charge < -0.3 is 9.47 Å². The molecule has 32 heavy (non-hydrogen) atoms. The number of hydrogen-bond donors (Lipinski definition) is 0. The third kappa shape index (κ3) is 9.17. The van der Waals surface area contributed by atoms with Crippen LogP contribution in [-0.4, -0.2) is 73.1 Å². The molecule has 0 aromatic rings. The van der Waals surface area contributed by atoms with Crippen molar-refractivity contribution in [1.82, 2.24) is 9.80 Å². The Kier molecular flexibility index (Phi) is 12.8. The van der Waals surface area contributed by atoms with Gasteiger partial charge in [0.1, 0.15) is 11.7 Å². The maximum Gasteiger partial charge on any atom is 0.415 e. The SMILES string of the molecule is CCOC(=O)N1CCN=C1CCCCCCCCCCCCC1=NCCN1C(=O)OCC. The van der Waals surface area contributed by atoms with Gasteiger partial charge >= 0.3 is 12.2 Å². The lowest BCUT2D eigenvalue weighted by molar-refractivity contribution is 0.129.